The first-order valence-electron chi connectivity index (χ1n) is 5.76. The number of nitrogens with one attached hydrogen (secondary N) is 1. The molecule has 2 aromatic heterocycles. The number of ether oxygens (including phenoxy) is 1. The van der Waals surface area contributed by atoms with E-state index in [2.05, 4.69) is 26.2 Å². The molecule has 6 heteroatoms. The molecule has 0 aliphatic rings. The Bertz CT molecular complexity index is 561. The Morgan fingerprint density at radius 2 is 2.32 bits per heavy atom. The predicted molar refractivity (Wildman–Crippen MR) is 80.1 cm³/mol. The third-order valence-corrected chi connectivity index (χ3v) is 4.50. The van der Waals surface area contributed by atoms with Crippen molar-refractivity contribution in [2.24, 2.45) is 0 Å². The van der Waals surface area contributed by atoms with E-state index in [1.54, 1.807) is 18.3 Å². The number of thiophene rings is 1. The molecule has 1 amide bonds. The van der Waals surface area contributed by atoms with E-state index in [1.807, 2.05) is 19.9 Å². The summed E-state index contributed by atoms with van der Waals surface area (Å²) in [6, 6.07) is 5.35. The molecule has 0 radical (unpaired) electrons. The quantitative estimate of drug-likeness (QED) is 0.919. The van der Waals surface area contributed by atoms with Crippen molar-refractivity contribution >= 4 is 38.9 Å². The number of hydrogen-bond donors (Lipinski definition) is 1. The van der Waals surface area contributed by atoms with Gasteiger partial charge in [-0.3, -0.25) is 4.79 Å². The summed E-state index contributed by atoms with van der Waals surface area (Å²) in [6.07, 6.45) is 1.58. The fraction of sp³-hybridized carbons (Fsp3) is 0.231. The third kappa shape index (κ3) is 3.54. The summed E-state index contributed by atoms with van der Waals surface area (Å²) in [7, 11) is 0. The van der Waals surface area contributed by atoms with Gasteiger partial charge in [0.15, 0.2) is 0 Å². The van der Waals surface area contributed by atoms with E-state index in [4.69, 9.17) is 4.74 Å². The zero-order valence-corrected chi connectivity index (χ0v) is 13.0. The fourth-order valence-corrected chi connectivity index (χ4v) is 2.88. The van der Waals surface area contributed by atoms with E-state index in [0.29, 0.717) is 23.1 Å². The van der Waals surface area contributed by atoms with E-state index in [0.717, 1.165) is 9.35 Å². The van der Waals surface area contributed by atoms with Gasteiger partial charge in [-0.1, -0.05) is 0 Å². The first-order valence-corrected chi connectivity index (χ1v) is 7.37. The molecule has 2 heterocycles. The van der Waals surface area contributed by atoms with Crippen LogP contribution in [0, 0.1) is 6.92 Å². The van der Waals surface area contributed by atoms with Crippen molar-refractivity contribution in [1.29, 1.82) is 0 Å². The maximum Gasteiger partial charge on any atom is 0.265 e. The van der Waals surface area contributed by atoms with Crippen LogP contribution in [0.25, 0.3) is 0 Å². The maximum atomic E-state index is 12.0. The standard InChI is InChI=1S/C13H13BrN2O2S/c1-3-18-11-5-4-9(7-15-11)16-13(17)10-6-8(2)12(14)19-10/h4-7H,3H2,1-2H3,(H,16,17). The lowest BCUT2D eigenvalue weighted by atomic mass is 10.3. The van der Waals surface area contributed by atoms with Crippen LogP contribution in [0.15, 0.2) is 28.2 Å². The number of aryl methyl sites for hydroxylation is 1. The average Bonchev–Trinajstić information content (AvgIpc) is 2.72. The van der Waals surface area contributed by atoms with Crippen molar-refractivity contribution in [2.45, 2.75) is 13.8 Å². The van der Waals surface area contributed by atoms with Crippen LogP contribution in [0.3, 0.4) is 0 Å². The van der Waals surface area contributed by atoms with E-state index < -0.39 is 0 Å². The van der Waals surface area contributed by atoms with Crippen LogP contribution >= 0.6 is 27.3 Å². The lowest BCUT2D eigenvalue weighted by Crippen LogP contribution is -2.10. The number of hydrogen-bond acceptors (Lipinski definition) is 4. The Morgan fingerprint density at radius 3 is 2.84 bits per heavy atom. The zero-order chi connectivity index (χ0) is 13.8. The second kappa shape index (κ2) is 6.16. The molecule has 2 rings (SSSR count). The minimum atomic E-state index is -0.134. The second-order valence-corrected chi connectivity index (χ2v) is 6.21. The van der Waals surface area contributed by atoms with Crippen molar-refractivity contribution in [3.63, 3.8) is 0 Å². The molecular formula is C13H13BrN2O2S. The lowest BCUT2D eigenvalue weighted by molar-refractivity contribution is 0.103. The number of aromatic nitrogens is 1. The fourth-order valence-electron chi connectivity index (χ4n) is 1.45. The van der Waals surface area contributed by atoms with E-state index >= 15 is 0 Å². The predicted octanol–water partition coefficient (Wildman–Crippen LogP) is 3.87. The molecule has 0 saturated carbocycles. The van der Waals surface area contributed by atoms with Gasteiger partial charge in [0.25, 0.3) is 5.91 Å². The first kappa shape index (κ1) is 14.0. The normalized spacial score (nSPS) is 10.3. The molecule has 1 N–H and O–H groups in total. The molecule has 0 aromatic carbocycles. The first-order chi connectivity index (χ1) is 9.10. The van der Waals surface area contributed by atoms with Crippen molar-refractivity contribution in [3.8, 4) is 5.88 Å². The largest absolute Gasteiger partial charge is 0.478 e. The SMILES string of the molecule is CCOc1ccc(NC(=O)c2cc(C)c(Br)s2)cn1. The van der Waals surface area contributed by atoms with Crippen LogP contribution in [0.4, 0.5) is 5.69 Å². The number of anilines is 1. The highest BCUT2D eigenvalue weighted by atomic mass is 79.9. The maximum absolute atomic E-state index is 12.0. The summed E-state index contributed by atoms with van der Waals surface area (Å²) in [4.78, 5) is 16.8. The van der Waals surface area contributed by atoms with Crippen molar-refractivity contribution in [3.05, 3.63) is 38.6 Å². The van der Waals surface area contributed by atoms with Gasteiger partial charge in [0, 0.05) is 6.07 Å². The highest BCUT2D eigenvalue weighted by molar-refractivity contribution is 9.11. The number of carbonyl (C=O) groups excluding carboxylic acids is 1. The van der Waals surface area contributed by atoms with Crippen LogP contribution in [-0.2, 0) is 0 Å². The Kier molecular flexibility index (Phi) is 4.55. The smallest absolute Gasteiger partial charge is 0.265 e. The van der Waals surface area contributed by atoms with Gasteiger partial charge in [0.1, 0.15) is 0 Å². The van der Waals surface area contributed by atoms with Gasteiger partial charge in [-0.15, -0.1) is 11.3 Å². The molecule has 0 bridgehead atoms. The van der Waals surface area contributed by atoms with E-state index in [1.165, 1.54) is 11.3 Å². The van der Waals surface area contributed by atoms with Crippen molar-refractivity contribution in [2.75, 3.05) is 11.9 Å². The van der Waals surface area contributed by atoms with Gasteiger partial charge < -0.3 is 10.1 Å². The molecule has 0 aliphatic heterocycles. The number of carbonyl (C=O) groups is 1. The molecule has 0 saturated heterocycles. The molecule has 0 spiro atoms. The summed E-state index contributed by atoms with van der Waals surface area (Å²) in [5.74, 6) is 0.417. The third-order valence-electron chi connectivity index (χ3n) is 2.37. The molecule has 0 unspecified atom stereocenters. The van der Waals surface area contributed by atoms with Crippen LogP contribution in [-0.4, -0.2) is 17.5 Å². The van der Waals surface area contributed by atoms with Crippen molar-refractivity contribution in [1.82, 2.24) is 4.98 Å². The molecule has 100 valence electrons. The minimum absolute atomic E-state index is 0.134. The lowest BCUT2D eigenvalue weighted by Gasteiger charge is -2.05. The van der Waals surface area contributed by atoms with Crippen LogP contribution < -0.4 is 10.1 Å². The molecule has 2 aromatic rings. The van der Waals surface area contributed by atoms with E-state index in [-0.39, 0.29) is 5.91 Å². The van der Waals surface area contributed by atoms with Gasteiger partial charge in [0.2, 0.25) is 5.88 Å². The molecule has 0 aliphatic carbocycles. The molecule has 19 heavy (non-hydrogen) atoms. The number of amides is 1. The summed E-state index contributed by atoms with van der Waals surface area (Å²) >= 11 is 4.82. The van der Waals surface area contributed by atoms with Gasteiger partial charge >= 0.3 is 0 Å². The summed E-state index contributed by atoms with van der Waals surface area (Å²) in [5.41, 5.74) is 1.70. The van der Waals surface area contributed by atoms with Crippen molar-refractivity contribution < 1.29 is 9.53 Å². The summed E-state index contributed by atoms with van der Waals surface area (Å²) < 4.78 is 6.22. The molecule has 0 atom stereocenters. The Balaban J connectivity index is 2.06. The number of halogens is 1. The Labute approximate surface area is 124 Å². The topological polar surface area (TPSA) is 51.2 Å². The minimum Gasteiger partial charge on any atom is -0.478 e. The van der Waals surface area contributed by atoms with Gasteiger partial charge in [-0.05, 0) is 47.5 Å². The Morgan fingerprint density at radius 1 is 1.53 bits per heavy atom. The van der Waals surface area contributed by atoms with Gasteiger partial charge in [0.05, 0.1) is 27.2 Å². The van der Waals surface area contributed by atoms with E-state index in [9.17, 15) is 4.79 Å². The number of rotatable bonds is 4. The second-order valence-electron chi connectivity index (χ2n) is 3.84. The monoisotopic (exact) mass is 340 g/mol. The zero-order valence-electron chi connectivity index (χ0n) is 10.6. The number of pyridine rings is 1. The van der Waals surface area contributed by atoms with Gasteiger partial charge in [-0.2, -0.15) is 0 Å². The summed E-state index contributed by atoms with van der Waals surface area (Å²) in [6.45, 7) is 4.42. The Hall–Kier alpha value is -1.40. The highest BCUT2D eigenvalue weighted by Crippen LogP contribution is 2.27. The molecule has 4 nitrogen and oxygen atoms in total. The summed E-state index contributed by atoms with van der Waals surface area (Å²) in [5, 5.41) is 2.80. The average molecular weight is 341 g/mol. The number of nitrogens with zero attached hydrogens (tertiary/aromatic N) is 1. The van der Waals surface area contributed by atoms with Crippen LogP contribution in [0.5, 0.6) is 5.88 Å². The molecular weight excluding hydrogens is 328 g/mol. The molecule has 0 fully saturated rings. The highest BCUT2D eigenvalue weighted by Gasteiger charge is 2.11. The van der Waals surface area contributed by atoms with Crippen LogP contribution in [0.2, 0.25) is 0 Å². The van der Waals surface area contributed by atoms with Gasteiger partial charge in [-0.25, -0.2) is 4.98 Å². The van der Waals surface area contributed by atoms with Crippen LogP contribution in [0.1, 0.15) is 22.2 Å².